The Morgan fingerprint density at radius 1 is 1.19 bits per heavy atom. The first-order chi connectivity index (χ1) is 12.5. The number of anilines is 1. The molecule has 0 aromatic heterocycles. The fraction of sp³-hybridized carbons (Fsp3) is 0.316. The van der Waals surface area contributed by atoms with Crippen molar-refractivity contribution in [3.05, 3.63) is 59.7 Å². The van der Waals surface area contributed by atoms with Gasteiger partial charge in [0.05, 0.1) is 11.0 Å². The molecule has 1 aliphatic heterocycles. The molecule has 1 atom stereocenters. The summed E-state index contributed by atoms with van der Waals surface area (Å²) in [6.07, 6.45) is 1.77. The number of sulfonamides is 1. The molecule has 7 heteroatoms. The molecule has 0 bridgehead atoms. The van der Waals surface area contributed by atoms with E-state index in [1.807, 2.05) is 6.07 Å². The van der Waals surface area contributed by atoms with E-state index < -0.39 is 10.0 Å². The Morgan fingerprint density at radius 2 is 1.96 bits per heavy atom. The monoisotopic (exact) mass is 374 g/mol. The minimum Gasteiger partial charge on any atom is -0.377 e. The van der Waals surface area contributed by atoms with E-state index in [-0.39, 0.29) is 23.5 Å². The van der Waals surface area contributed by atoms with E-state index in [4.69, 9.17) is 4.74 Å². The lowest BCUT2D eigenvalue weighted by Gasteiger charge is -2.13. The molecule has 0 radical (unpaired) electrons. The summed E-state index contributed by atoms with van der Waals surface area (Å²) in [5.74, 6) is -0.235. The van der Waals surface area contributed by atoms with Gasteiger partial charge in [0.1, 0.15) is 0 Å². The number of carbonyl (C=O) groups is 1. The second kappa shape index (κ2) is 7.99. The predicted molar refractivity (Wildman–Crippen MR) is 99.7 cm³/mol. The molecule has 138 valence electrons. The van der Waals surface area contributed by atoms with E-state index in [0.717, 1.165) is 12.8 Å². The number of nitrogens with one attached hydrogen (secondary N) is 2. The van der Waals surface area contributed by atoms with Crippen molar-refractivity contribution in [1.29, 1.82) is 0 Å². The maximum atomic E-state index is 12.4. The maximum Gasteiger partial charge on any atom is 0.255 e. The maximum absolute atomic E-state index is 12.4. The van der Waals surface area contributed by atoms with Crippen LogP contribution in [0.4, 0.5) is 5.69 Å². The number of benzene rings is 2. The van der Waals surface area contributed by atoms with Gasteiger partial charge >= 0.3 is 0 Å². The first-order valence-corrected chi connectivity index (χ1v) is 10.0. The highest BCUT2D eigenvalue weighted by Gasteiger charge is 2.21. The van der Waals surface area contributed by atoms with Crippen molar-refractivity contribution < 1.29 is 17.9 Å². The summed E-state index contributed by atoms with van der Waals surface area (Å²) in [6.45, 7) is 2.72. The highest BCUT2D eigenvalue weighted by Crippen LogP contribution is 2.21. The van der Waals surface area contributed by atoms with E-state index in [1.165, 1.54) is 6.07 Å². The van der Waals surface area contributed by atoms with Gasteiger partial charge in [0.2, 0.25) is 10.0 Å². The summed E-state index contributed by atoms with van der Waals surface area (Å²) in [5, 5.41) is 2.81. The summed E-state index contributed by atoms with van der Waals surface area (Å²) >= 11 is 0. The van der Waals surface area contributed by atoms with Crippen LogP contribution in [0.5, 0.6) is 0 Å². The Morgan fingerprint density at radius 3 is 2.62 bits per heavy atom. The minimum absolute atomic E-state index is 0.0599. The van der Waals surface area contributed by atoms with Crippen LogP contribution in [0, 0.1) is 6.92 Å². The number of rotatable bonds is 6. The molecule has 0 spiro atoms. The van der Waals surface area contributed by atoms with Crippen LogP contribution in [-0.2, 0) is 14.8 Å². The third-order valence-electron chi connectivity index (χ3n) is 4.32. The van der Waals surface area contributed by atoms with E-state index in [2.05, 4.69) is 10.0 Å². The average molecular weight is 374 g/mol. The minimum atomic E-state index is -3.61. The highest BCUT2D eigenvalue weighted by atomic mass is 32.2. The van der Waals surface area contributed by atoms with Gasteiger partial charge in [-0.3, -0.25) is 4.79 Å². The molecule has 2 aromatic carbocycles. The number of ether oxygens (including phenoxy) is 1. The lowest BCUT2D eigenvalue weighted by Crippen LogP contribution is -2.31. The molecule has 1 heterocycles. The van der Waals surface area contributed by atoms with Crippen LogP contribution in [0.25, 0.3) is 0 Å². The Labute approximate surface area is 153 Å². The van der Waals surface area contributed by atoms with Crippen molar-refractivity contribution in [2.45, 2.75) is 30.8 Å². The number of aryl methyl sites for hydroxylation is 1. The third-order valence-corrected chi connectivity index (χ3v) is 5.74. The van der Waals surface area contributed by atoms with E-state index >= 15 is 0 Å². The molecule has 0 unspecified atom stereocenters. The topological polar surface area (TPSA) is 84.5 Å². The molecular weight excluding hydrogens is 352 g/mol. The van der Waals surface area contributed by atoms with Gasteiger partial charge in [0, 0.05) is 24.4 Å². The molecule has 0 aliphatic carbocycles. The molecule has 6 nitrogen and oxygen atoms in total. The molecule has 26 heavy (non-hydrogen) atoms. The van der Waals surface area contributed by atoms with Crippen molar-refractivity contribution in [1.82, 2.24) is 4.72 Å². The van der Waals surface area contributed by atoms with Crippen LogP contribution in [0.15, 0.2) is 53.4 Å². The van der Waals surface area contributed by atoms with Crippen LogP contribution in [0.3, 0.4) is 0 Å². The van der Waals surface area contributed by atoms with Gasteiger partial charge in [-0.1, -0.05) is 18.2 Å². The summed E-state index contributed by atoms with van der Waals surface area (Å²) < 4.78 is 32.9. The van der Waals surface area contributed by atoms with Gasteiger partial charge in [-0.05, 0) is 55.7 Å². The Balaban J connectivity index is 1.69. The molecule has 1 fully saturated rings. The van der Waals surface area contributed by atoms with Crippen molar-refractivity contribution in [3.63, 3.8) is 0 Å². The van der Waals surface area contributed by atoms with Gasteiger partial charge < -0.3 is 10.1 Å². The predicted octanol–water partition coefficient (Wildman–Crippen LogP) is 2.70. The van der Waals surface area contributed by atoms with Gasteiger partial charge in [0.25, 0.3) is 5.91 Å². The Hall–Kier alpha value is -2.22. The Bertz CT molecular complexity index is 876. The normalized spacial score (nSPS) is 17.2. The summed E-state index contributed by atoms with van der Waals surface area (Å²) in [4.78, 5) is 12.4. The van der Waals surface area contributed by atoms with E-state index in [0.29, 0.717) is 23.4 Å². The quantitative estimate of drug-likeness (QED) is 0.814. The molecule has 1 aliphatic rings. The molecule has 2 aromatic rings. The first kappa shape index (κ1) is 18.6. The first-order valence-electron chi connectivity index (χ1n) is 8.54. The summed E-state index contributed by atoms with van der Waals surface area (Å²) in [5.41, 5.74) is 1.80. The lowest BCUT2D eigenvalue weighted by molar-refractivity contribution is 0.102. The number of amides is 1. The van der Waals surface area contributed by atoms with Crippen LogP contribution in [0.2, 0.25) is 0 Å². The second-order valence-corrected chi connectivity index (χ2v) is 8.05. The molecule has 0 saturated carbocycles. The molecule has 3 rings (SSSR count). The van der Waals surface area contributed by atoms with Crippen molar-refractivity contribution in [3.8, 4) is 0 Å². The lowest BCUT2D eigenvalue weighted by atomic mass is 10.1. The average Bonchev–Trinajstić information content (AvgIpc) is 3.16. The summed E-state index contributed by atoms with van der Waals surface area (Å²) in [6, 6.07) is 13.5. The Kier molecular flexibility index (Phi) is 5.70. The highest BCUT2D eigenvalue weighted by molar-refractivity contribution is 7.89. The third kappa shape index (κ3) is 4.49. The van der Waals surface area contributed by atoms with Crippen molar-refractivity contribution in [2.75, 3.05) is 18.5 Å². The SMILES string of the molecule is Cc1cc(S(=O)(=O)NC[C@@H]2CCCO2)ccc1NC(=O)c1ccccc1. The smallest absolute Gasteiger partial charge is 0.255 e. The molecule has 2 N–H and O–H groups in total. The van der Waals surface area contributed by atoms with Crippen molar-refractivity contribution >= 4 is 21.6 Å². The zero-order chi connectivity index (χ0) is 18.6. The van der Waals surface area contributed by atoms with Crippen LogP contribution < -0.4 is 10.0 Å². The standard InChI is InChI=1S/C19H22N2O4S/c1-14-12-17(26(23,24)20-13-16-8-5-11-25-16)9-10-18(14)21-19(22)15-6-3-2-4-7-15/h2-4,6-7,9-10,12,16,20H,5,8,11,13H2,1H3,(H,21,22)/t16-/m0/s1. The van der Waals surface area contributed by atoms with E-state index in [1.54, 1.807) is 43.3 Å². The zero-order valence-corrected chi connectivity index (χ0v) is 15.4. The van der Waals surface area contributed by atoms with Gasteiger partial charge in [-0.25, -0.2) is 13.1 Å². The number of hydrogen-bond donors (Lipinski definition) is 2. The fourth-order valence-electron chi connectivity index (χ4n) is 2.82. The van der Waals surface area contributed by atoms with Gasteiger partial charge in [-0.2, -0.15) is 0 Å². The van der Waals surface area contributed by atoms with Crippen LogP contribution >= 0.6 is 0 Å². The number of hydrogen-bond acceptors (Lipinski definition) is 4. The fourth-order valence-corrected chi connectivity index (χ4v) is 3.97. The van der Waals surface area contributed by atoms with Gasteiger partial charge in [-0.15, -0.1) is 0 Å². The number of carbonyl (C=O) groups excluding carboxylic acids is 1. The largest absolute Gasteiger partial charge is 0.377 e. The second-order valence-electron chi connectivity index (χ2n) is 6.28. The molecule has 1 saturated heterocycles. The zero-order valence-electron chi connectivity index (χ0n) is 14.6. The van der Waals surface area contributed by atoms with Crippen LogP contribution in [-0.4, -0.2) is 33.6 Å². The van der Waals surface area contributed by atoms with Gasteiger partial charge in [0.15, 0.2) is 0 Å². The van der Waals surface area contributed by atoms with Crippen LogP contribution in [0.1, 0.15) is 28.8 Å². The van der Waals surface area contributed by atoms with E-state index in [9.17, 15) is 13.2 Å². The summed E-state index contributed by atoms with van der Waals surface area (Å²) in [7, 11) is -3.61. The molecule has 1 amide bonds. The molecular formula is C19H22N2O4S. The van der Waals surface area contributed by atoms with Crippen molar-refractivity contribution in [2.24, 2.45) is 0 Å².